The average molecular weight is 1560 g/mol. The first-order valence-corrected chi connectivity index (χ1v) is 42.8. The van der Waals surface area contributed by atoms with Crippen molar-refractivity contribution in [3.63, 3.8) is 0 Å². The third-order valence-electron chi connectivity index (χ3n) is 25.3. The third-order valence-corrected chi connectivity index (χ3v) is 27.6. The second kappa shape index (κ2) is 27.3. The van der Waals surface area contributed by atoms with Gasteiger partial charge < -0.3 is 8.83 Å². The number of hydrogen-bond donors (Lipinski definition) is 0. The van der Waals surface area contributed by atoms with Gasteiger partial charge in [-0.15, -0.1) is 22.7 Å². The molecule has 0 spiro atoms. The molecule has 0 aliphatic rings. The maximum atomic E-state index is 6.95. The molecule has 0 atom stereocenters. The van der Waals surface area contributed by atoms with Crippen LogP contribution < -0.4 is 0 Å². The summed E-state index contributed by atoms with van der Waals surface area (Å²) in [5, 5.41) is 29.5. The van der Waals surface area contributed by atoms with Gasteiger partial charge in [-0.25, -0.2) is 0 Å². The highest BCUT2D eigenvalue weighted by Crippen LogP contribution is 2.54. The molecule has 4 heterocycles. The van der Waals surface area contributed by atoms with E-state index in [0.29, 0.717) is 0 Å². The number of benzene rings is 22. The van der Waals surface area contributed by atoms with Crippen LogP contribution in [0.15, 0.2) is 421 Å². The summed E-state index contributed by atoms with van der Waals surface area (Å²) in [6.07, 6.45) is 0. The molecular weight excluding hydrogens is 1490 g/mol. The van der Waals surface area contributed by atoms with Crippen molar-refractivity contribution in [2.24, 2.45) is 0 Å². The molecule has 26 rings (SSSR count). The Kier molecular flexibility index (Phi) is 15.5. The molecule has 4 heteroatoms. The van der Waals surface area contributed by atoms with Crippen molar-refractivity contribution in [2.45, 2.75) is 0 Å². The minimum absolute atomic E-state index is 0.886. The minimum Gasteiger partial charge on any atom is -0.455 e. The van der Waals surface area contributed by atoms with Gasteiger partial charge in [0.1, 0.15) is 22.3 Å². The van der Waals surface area contributed by atoms with E-state index < -0.39 is 0 Å². The summed E-state index contributed by atoms with van der Waals surface area (Å²) in [7, 11) is 0. The summed E-state index contributed by atoms with van der Waals surface area (Å²) >= 11 is 3.74. The van der Waals surface area contributed by atoms with E-state index in [9.17, 15) is 0 Å². The van der Waals surface area contributed by atoms with Crippen molar-refractivity contribution >= 4 is 193 Å². The van der Waals surface area contributed by atoms with Gasteiger partial charge in [0.25, 0.3) is 0 Å². The number of furan rings is 2. The normalized spacial score (nSPS) is 12.0. The van der Waals surface area contributed by atoms with E-state index in [1.54, 1.807) is 0 Å². The maximum Gasteiger partial charge on any atom is 0.143 e. The Morgan fingerprint density at radius 2 is 0.375 bits per heavy atom. The van der Waals surface area contributed by atoms with E-state index in [4.69, 9.17) is 8.83 Å². The molecule has 556 valence electrons. The SMILES string of the molecule is c1ccc(-c2c3ccccc3c(-c3cccc4c3oc3ccc(-c5c6ccccc6c(-c6ccc7c(c6)sc6ccccc67)c6ccccc56)cc34)c3ccccc23)cc1.c1ccc(-c2c3ccccc3c(-c3cccc4c3oc3ccc(-c5c6ccccc6c(-c6ccc7sc8ccccc8c7c6)c6ccccc56)cc34)c3ccccc23)cc1. The van der Waals surface area contributed by atoms with Gasteiger partial charge in [0.2, 0.25) is 0 Å². The molecule has 0 bridgehead atoms. The lowest BCUT2D eigenvalue weighted by molar-refractivity contribution is 0.670. The van der Waals surface area contributed by atoms with Crippen molar-refractivity contribution in [3.8, 4) is 89.0 Å². The van der Waals surface area contributed by atoms with E-state index in [1.165, 1.54) is 204 Å². The molecular formula is C116H68O2S2. The van der Waals surface area contributed by atoms with Gasteiger partial charge in [-0.2, -0.15) is 0 Å². The first-order valence-electron chi connectivity index (χ1n) is 41.2. The summed E-state index contributed by atoms with van der Waals surface area (Å²) in [6, 6.07) is 151. The molecule has 22 aromatic carbocycles. The van der Waals surface area contributed by atoms with Crippen molar-refractivity contribution < 1.29 is 8.83 Å². The number of hydrogen-bond acceptors (Lipinski definition) is 4. The van der Waals surface area contributed by atoms with E-state index in [-0.39, 0.29) is 0 Å². The monoisotopic (exact) mass is 1560 g/mol. The van der Waals surface area contributed by atoms with Crippen LogP contribution in [0.5, 0.6) is 0 Å². The molecule has 4 aromatic heterocycles. The zero-order chi connectivity index (χ0) is 78.6. The Morgan fingerprint density at radius 3 is 0.733 bits per heavy atom. The van der Waals surface area contributed by atoms with Gasteiger partial charge in [0.15, 0.2) is 0 Å². The van der Waals surface area contributed by atoms with Crippen LogP contribution in [-0.2, 0) is 0 Å². The molecule has 0 unspecified atom stereocenters. The molecule has 0 fully saturated rings. The number of para-hydroxylation sites is 2. The summed E-state index contributed by atoms with van der Waals surface area (Å²) in [5.41, 5.74) is 23.1. The van der Waals surface area contributed by atoms with Gasteiger partial charge in [0.05, 0.1) is 0 Å². The van der Waals surface area contributed by atoms with Crippen LogP contribution in [0.3, 0.4) is 0 Å². The van der Waals surface area contributed by atoms with Gasteiger partial charge in [-0.3, -0.25) is 0 Å². The number of fused-ring (bicyclic) bond motifs is 20. The van der Waals surface area contributed by atoms with Crippen LogP contribution in [0.2, 0.25) is 0 Å². The lowest BCUT2D eigenvalue weighted by Crippen LogP contribution is -1.91. The second-order valence-corrected chi connectivity index (χ2v) is 33.9. The van der Waals surface area contributed by atoms with Crippen LogP contribution in [0, 0.1) is 0 Å². The van der Waals surface area contributed by atoms with Crippen LogP contribution in [0.25, 0.3) is 259 Å². The summed E-state index contributed by atoms with van der Waals surface area (Å²) in [5.74, 6) is 0. The Balaban J connectivity index is 0.000000133. The number of thiophene rings is 2. The van der Waals surface area contributed by atoms with Crippen LogP contribution in [-0.4, -0.2) is 0 Å². The lowest BCUT2D eigenvalue weighted by atomic mass is 9.85. The molecule has 0 saturated heterocycles. The predicted octanol–water partition coefficient (Wildman–Crippen LogP) is 34.5. The van der Waals surface area contributed by atoms with Crippen LogP contribution >= 0.6 is 22.7 Å². The molecule has 0 saturated carbocycles. The third kappa shape index (κ3) is 10.5. The summed E-state index contributed by atoms with van der Waals surface area (Å²) in [6.45, 7) is 0. The quantitative estimate of drug-likeness (QED) is 0.142. The fourth-order valence-corrected chi connectivity index (χ4v) is 22.5. The first kappa shape index (κ1) is 68.2. The molecule has 0 amide bonds. The maximum absolute atomic E-state index is 6.95. The summed E-state index contributed by atoms with van der Waals surface area (Å²) in [4.78, 5) is 0. The molecule has 0 radical (unpaired) electrons. The molecule has 0 aliphatic heterocycles. The van der Waals surface area contributed by atoms with Crippen molar-refractivity contribution in [1.29, 1.82) is 0 Å². The highest BCUT2D eigenvalue weighted by Gasteiger charge is 2.27. The van der Waals surface area contributed by atoms with Gasteiger partial charge in [-0.05, 0) is 208 Å². The number of rotatable bonds is 8. The van der Waals surface area contributed by atoms with E-state index in [0.717, 1.165) is 55.0 Å². The van der Waals surface area contributed by atoms with Gasteiger partial charge >= 0.3 is 0 Å². The standard InChI is InChI=1S/2C58H34OS/c1-2-15-35(16-3-1)54-44-22-8-10-24-46(44)57(47-25-11-9-23-45(47)54)49-27-14-26-48-50-33-36(30-32-51(50)59-58(48)49)55-40-18-4-6-20-42(40)56(43-21-7-5-19-41(43)55)37-29-31-39-38-17-12-13-28-52(38)60-53(39)34-37;1-2-15-35(16-3-1)54-43-22-8-10-24-45(43)57(46-25-11-9-23-44(46)54)48-27-14-26-47-49-33-36(29-31-51(49)59-58(47)48)55-39-18-4-6-20-41(39)56(42-21-7-5-19-40(42)55)37-30-32-53-50(34-37)38-17-12-13-28-52(38)60-53/h2*1-34H. The molecule has 0 aliphatic carbocycles. The first-order chi connectivity index (χ1) is 59.6. The van der Waals surface area contributed by atoms with Crippen molar-refractivity contribution in [3.05, 3.63) is 413 Å². The highest BCUT2D eigenvalue weighted by atomic mass is 32.1. The van der Waals surface area contributed by atoms with Crippen molar-refractivity contribution in [2.75, 3.05) is 0 Å². The fourth-order valence-electron chi connectivity index (χ4n) is 20.2. The topological polar surface area (TPSA) is 26.3 Å². The Bertz CT molecular complexity index is 8560. The minimum atomic E-state index is 0.886. The zero-order valence-corrected chi connectivity index (χ0v) is 66.5. The molecule has 120 heavy (non-hydrogen) atoms. The smallest absolute Gasteiger partial charge is 0.143 e. The van der Waals surface area contributed by atoms with Crippen LogP contribution in [0.4, 0.5) is 0 Å². The van der Waals surface area contributed by atoms with Gasteiger partial charge in [0, 0.05) is 84.1 Å². The second-order valence-electron chi connectivity index (χ2n) is 31.7. The molecule has 2 nitrogen and oxygen atoms in total. The largest absolute Gasteiger partial charge is 0.455 e. The fraction of sp³-hybridized carbons (Fsp3) is 0. The Morgan fingerprint density at radius 1 is 0.133 bits per heavy atom. The van der Waals surface area contributed by atoms with Crippen LogP contribution in [0.1, 0.15) is 0 Å². The Labute approximate surface area is 698 Å². The van der Waals surface area contributed by atoms with E-state index in [2.05, 4.69) is 413 Å². The lowest BCUT2D eigenvalue weighted by Gasteiger charge is -2.18. The molecule has 26 aromatic rings. The average Bonchev–Trinajstić information content (AvgIpc) is 1.25. The van der Waals surface area contributed by atoms with E-state index in [1.807, 2.05) is 22.7 Å². The molecule has 0 N–H and O–H groups in total. The highest BCUT2D eigenvalue weighted by molar-refractivity contribution is 7.26. The predicted molar refractivity (Wildman–Crippen MR) is 517 cm³/mol. The van der Waals surface area contributed by atoms with E-state index >= 15 is 0 Å². The van der Waals surface area contributed by atoms with Crippen molar-refractivity contribution in [1.82, 2.24) is 0 Å². The van der Waals surface area contributed by atoms with Gasteiger partial charge in [-0.1, -0.05) is 358 Å². The Hall–Kier alpha value is -15.0. The summed E-state index contributed by atoms with van der Waals surface area (Å²) < 4.78 is 19.2. The zero-order valence-electron chi connectivity index (χ0n) is 64.9.